The number of carbonyl (C=O) groups excluding carboxylic acids is 1. The third-order valence-corrected chi connectivity index (χ3v) is 2.66. The zero-order chi connectivity index (χ0) is 13.1. The Hall–Kier alpha value is -2.24. The largest absolute Gasteiger partial charge is 0.342 e. The second-order valence-electron chi connectivity index (χ2n) is 4.15. The number of pyridine rings is 1. The van der Waals surface area contributed by atoms with Crippen LogP contribution in [0.15, 0.2) is 18.5 Å². The van der Waals surface area contributed by atoms with Crippen LogP contribution in [0, 0.1) is 13.8 Å². The zero-order valence-corrected chi connectivity index (χ0v) is 10.6. The molecule has 0 aliphatic rings. The molecule has 2 aromatic rings. The molecule has 1 amide bonds. The highest BCUT2D eigenvalue weighted by atomic mass is 16.1. The molecule has 2 N–H and O–H groups in total. The van der Waals surface area contributed by atoms with Gasteiger partial charge in [0.05, 0.1) is 17.3 Å². The van der Waals surface area contributed by atoms with Crippen molar-refractivity contribution in [3.8, 4) is 0 Å². The van der Waals surface area contributed by atoms with Gasteiger partial charge in [-0.25, -0.2) is 4.98 Å². The molecule has 1 unspecified atom stereocenters. The van der Waals surface area contributed by atoms with E-state index in [1.165, 1.54) is 6.33 Å². The molecule has 94 valence electrons. The molecular formula is C12H15N5O. The van der Waals surface area contributed by atoms with Gasteiger partial charge in [-0.05, 0) is 32.9 Å². The first-order valence-corrected chi connectivity index (χ1v) is 5.68. The third-order valence-electron chi connectivity index (χ3n) is 2.66. The average Bonchev–Trinajstić information content (AvgIpc) is 2.81. The van der Waals surface area contributed by atoms with E-state index in [-0.39, 0.29) is 11.9 Å². The summed E-state index contributed by atoms with van der Waals surface area (Å²) in [4.78, 5) is 20.3. The van der Waals surface area contributed by atoms with Crippen LogP contribution < -0.4 is 5.32 Å². The van der Waals surface area contributed by atoms with Crippen molar-refractivity contribution in [3.05, 3.63) is 41.2 Å². The summed E-state index contributed by atoms with van der Waals surface area (Å²) in [7, 11) is 0. The molecular weight excluding hydrogens is 230 g/mol. The molecule has 0 saturated carbocycles. The van der Waals surface area contributed by atoms with Crippen LogP contribution in [0.4, 0.5) is 0 Å². The number of H-pyrrole nitrogens is 1. The number of aromatic nitrogens is 4. The van der Waals surface area contributed by atoms with Crippen LogP contribution in [-0.2, 0) is 0 Å². The summed E-state index contributed by atoms with van der Waals surface area (Å²) in [6.45, 7) is 5.56. The van der Waals surface area contributed by atoms with Crippen LogP contribution in [-0.4, -0.2) is 26.1 Å². The molecule has 6 heteroatoms. The molecule has 1 atom stereocenters. The molecule has 18 heavy (non-hydrogen) atoms. The quantitative estimate of drug-likeness (QED) is 0.854. The van der Waals surface area contributed by atoms with Crippen molar-refractivity contribution in [2.45, 2.75) is 26.8 Å². The van der Waals surface area contributed by atoms with Crippen molar-refractivity contribution in [3.63, 3.8) is 0 Å². The summed E-state index contributed by atoms with van der Waals surface area (Å²) < 4.78 is 0. The van der Waals surface area contributed by atoms with E-state index in [2.05, 4.69) is 25.5 Å². The predicted molar refractivity (Wildman–Crippen MR) is 66.0 cm³/mol. The van der Waals surface area contributed by atoms with E-state index in [9.17, 15) is 4.79 Å². The van der Waals surface area contributed by atoms with E-state index in [4.69, 9.17) is 0 Å². The Kier molecular flexibility index (Phi) is 3.36. The SMILES string of the molecule is Cc1ccc(C(=O)NC(C)c2ncn[nH]2)c(C)n1. The number of carbonyl (C=O) groups is 1. The molecule has 0 aliphatic heterocycles. The molecule has 2 heterocycles. The minimum atomic E-state index is -0.222. The van der Waals surface area contributed by atoms with Crippen LogP contribution >= 0.6 is 0 Å². The zero-order valence-electron chi connectivity index (χ0n) is 10.6. The summed E-state index contributed by atoms with van der Waals surface area (Å²) >= 11 is 0. The highest BCUT2D eigenvalue weighted by Crippen LogP contribution is 2.10. The molecule has 2 aromatic heterocycles. The average molecular weight is 245 g/mol. The first kappa shape index (κ1) is 12.2. The summed E-state index contributed by atoms with van der Waals surface area (Å²) in [5.74, 6) is 0.463. The molecule has 0 radical (unpaired) electrons. The first-order valence-electron chi connectivity index (χ1n) is 5.68. The van der Waals surface area contributed by atoms with Crippen molar-refractivity contribution in [1.82, 2.24) is 25.5 Å². The van der Waals surface area contributed by atoms with E-state index >= 15 is 0 Å². The molecule has 0 bridgehead atoms. The van der Waals surface area contributed by atoms with E-state index in [1.807, 2.05) is 26.8 Å². The summed E-state index contributed by atoms with van der Waals surface area (Å²) in [5, 5.41) is 9.32. The lowest BCUT2D eigenvalue weighted by molar-refractivity contribution is 0.0937. The Bertz CT molecular complexity index is 550. The van der Waals surface area contributed by atoms with E-state index < -0.39 is 0 Å². The van der Waals surface area contributed by atoms with Crippen LogP contribution in [0.2, 0.25) is 0 Å². The highest BCUT2D eigenvalue weighted by Gasteiger charge is 2.15. The summed E-state index contributed by atoms with van der Waals surface area (Å²) in [5.41, 5.74) is 2.19. The molecule has 0 spiro atoms. The lowest BCUT2D eigenvalue weighted by atomic mass is 10.1. The van der Waals surface area contributed by atoms with E-state index in [0.29, 0.717) is 11.4 Å². The van der Waals surface area contributed by atoms with Gasteiger partial charge in [0.25, 0.3) is 5.91 Å². The smallest absolute Gasteiger partial charge is 0.253 e. The molecule has 2 rings (SSSR count). The maximum absolute atomic E-state index is 12.1. The number of aryl methyl sites for hydroxylation is 2. The van der Waals surface area contributed by atoms with Gasteiger partial charge in [0.15, 0.2) is 0 Å². The van der Waals surface area contributed by atoms with Crippen molar-refractivity contribution in [1.29, 1.82) is 0 Å². The number of nitrogens with zero attached hydrogens (tertiary/aromatic N) is 3. The second-order valence-corrected chi connectivity index (χ2v) is 4.15. The van der Waals surface area contributed by atoms with Crippen LogP contribution in [0.3, 0.4) is 0 Å². The maximum atomic E-state index is 12.1. The lowest BCUT2D eigenvalue weighted by Crippen LogP contribution is -2.28. The standard InChI is InChI=1S/C12H15N5O/c1-7-4-5-10(8(2)15-7)12(18)16-9(3)11-13-6-14-17-11/h4-6,9H,1-3H3,(H,16,18)(H,13,14,17). The minimum Gasteiger partial charge on any atom is -0.342 e. The maximum Gasteiger partial charge on any atom is 0.253 e. The fourth-order valence-electron chi connectivity index (χ4n) is 1.69. The van der Waals surface area contributed by atoms with Gasteiger partial charge < -0.3 is 5.32 Å². The fourth-order valence-corrected chi connectivity index (χ4v) is 1.69. The van der Waals surface area contributed by atoms with Gasteiger partial charge in [0.2, 0.25) is 0 Å². The van der Waals surface area contributed by atoms with Crippen LogP contribution in [0.25, 0.3) is 0 Å². The number of rotatable bonds is 3. The summed E-state index contributed by atoms with van der Waals surface area (Å²) in [6, 6.07) is 3.38. The second kappa shape index (κ2) is 4.95. The number of amides is 1. The topological polar surface area (TPSA) is 83.6 Å². The van der Waals surface area contributed by atoms with Crippen molar-refractivity contribution >= 4 is 5.91 Å². The van der Waals surface area contributed by atoms with Crippen LogP contribution in [0.1, 0.15) is 40.5 Å². The number of hydrogen-bond donors (Lipinski definition) is 2. The Balaban J connectivity index is 2.12. The van der Waals surface area contributed by atoms with Gasteiger partial charge in [-0.1, -0.05) is 0 Å². The molecule has 0 fully saturated rings. The lowest BCUT2D eigenvalue weighted by Gasteiger charge is -2.12. The Labute approximate surface area is 105 Å². The first-order chi connectivity index (χ1) is 8.58. The predicted octanol–water partition coefficient (Wildman–Crippen LogP) is 1.31. The van der Waals surface area contributed by atoms with Gasteiger partial charge in [-0.15, -0.1) is 0 Å². The third kappa shape index (κ3) is 2.53. The summed E-state index contributed by atoms with van der Waals surface area (Å²) in [6.07, 6.45) is 1.41. The highest BCUT2D eigenvalue weighted by molar-refractivity contribution is 5.95. The number of nitrogens with one attached hydrogen (secondary N) is 2. The molecule has 6 nitrogen and oxygen atoms in total. The normalized spacial score (nSPS) is 12.2. The van der Waals surface area contributed by atoms with Gasteiger partial charge in [0.1, 0.15) is 12.2 Å². The molecule has 0 aliphatic carbocycles. The van der Waals surface area contributed by atoms with E-state index in [0.717, 1.165) is 11.4 Å². The molecule has 0 saturated heterocycles. The van der Waals surface area contributed by atoms with Crippen molar-refractivity contribution < 1.29 is 4.79 Å². The van der Waals surface area contributed by atoms with Crippen molar-refractivity contribution in [2.75, 3.05) is 0 Å². The van der Waals surface area contributed by atoms with E-state index in [1.54, 1.807) is 6.07 Å². The number of hydrogen-bond acceptors (Lipinski definition) is 4. The van der Waals surface area contributed by atoms with Gasteiger partial charge in [0, 0.05) is 5.69 Å². The minimum absolute atomic E-state index is 0.163. The fraction of sp³-hybridized carbons (Fsp3) is 0.333. The Morgan fingerprint density at radius 3 is 2.78 bits per heavy atom. The van der Waals surface area contributed by atoms with Crippen molar-refractivity contribution in [2.24, 2.45) is 0 Å². The van der Waals surface area contributed by atoms with Gasteiger partial charge in [-0.3, -0.25) is 14.9 Å². The molecule has 0 aromatic carbocycles. The number of aromatic amines is 1. The van der Waals surface area contributed by atoms with Gasteiger partial charge in [-0.2, -0.15) is 5.10 Å². The Morgan fingerprint density at radius 2 is 2.17 bits per heavy atom. The van der Waals surface area contributed by atoms with Gasteiger partial charge >= 0.3 is 0 Å². The monoisotopic (exact) mass is 245 g/mol. The van der Waals surface area contributed by atoms with Crippen LogP contribution in [0.5, 0.6) is 0 Å². The Morgan fingerprint density at radius 1 is 1.39 bits per heavy atom.